The second kappa shape index (κ2) is 8.97. The van der Waals surface area contributed by atoms with Crippen molar-refractivity contribution in [3.63, 3.8) is 0 Å². The molecule has 2 aromatic heterocycles. The second-order valence-electron chi connectivity index (χ2n) is 7.69. The topological polar surface area (TPSA) is 49.3 Å². The third kappa shape index (κ3) is 4.87. The summed E-state index contributed by atoms with van der Waals surface area (Å²) in [5.74, 6) is 0.201. The number of amides is 1. The Labute approximate surface area is 172 Å². The van der Waals surface area contributed by atoms with Crippen molar-refractivity contribution in [3.8, 4) is 11.1 Å². The lowest BCUT2D eigenvalue weighted by Crippen LogP contribution is -2.34. The van der Waals surface area contributed by atoms with Crippen molar-refractivity contribution < 1.29 is 4.79 Å². The number of aromatic nitrogens is 2. The zero-order valence-corrected chi connectivity index (χ0v) is 16.7. The van der Waals surface area contributed by atoms with E-state index in [9.17, 15) is 4.79 Å². The number of pyridine rings is 2. The lowest BCUT2D eigenvalue weighted by atomic mass is 9.96. The molecule has 0 spiro atoms. The Morgan fingerprint density at radius 3 is 2.41 bits per heavy atom. The van der Waals surface area contributed by atoms with Crippen LogP contribution in [0.3, 0.4) is 0 Å². The van der Waals surface area contributed by atoms with Gasteiger partial charge in [-0.2, -0.15) is 0 Å². The Hall–Kier alpha value is -3.05. The largest absolute Gasteiger partial charge is 0.344 e. The molecule has 1 atom stereocenters. The van der Waals surface area contributed by atoms with Crippen molar-refractivity contribution >= 4 is 5.91 Å². The van der Waals surface area contributed by atoms with Crippen LogP contribution < -0.4 is 0 Å². The van der Waals surface area contributed by atoms with E-state index in [1.165, 1.54) is 11.1 Å². The Kier molecular flexibility index (Phi) is 5.96. The molecule has 5 heteroatoms. The van der Waals surface area contributed by atoms with Gasteiger partial charge in [-0.15, -0.1) is 0 Å². The maximum Gasteiger partial charge on any atom is 0.227 e. The van der Waals surface area contributed by atoms with Crippen molar-refractivity contribution in [2.45, 2.75) is 13.0 Å². The summed E-state index contributed by atoms with van der Waals surface area (Å²) in [6, 6.07) is 16.6. The van der Waals surface area contributed by atoms with Gasteiger partial charge in [-0.3, -0.25) is 19.7 Å². The summed E-state index contributed by atoms with van der Waals surface area (Å²) in [6.07, 6.45) is 8.06. The maximum absolute atomic E-state index is 12.9. The number of hydrogen-bond acceptors (Lipinski definition) is 4. The molecule has 1 aliphatic rings. The van der Waals surface area contributed by atoms with Crippen molar-refractivity contribution in [2.24, 2.45) is 5.92 Å². The molecular formula is C24H26N4O. The molecule has 1 saturated heterocycles. The summed E-state index contributed by atoms with van der Waals surface area (Å²) in [5.41, 5.74) is 4.67. The number of carbonyl (C=O) groups is 1. The van der Waals surface area contributed by atoms with E-state index < -0.39 is 0 Å². The summed E-state index contributed by atoms with van der Waals surface area (Å²) in [5, 5.41) is 0. The van der Waals surface area contributed by atoms with Crippen molar-refractivity contribution in [2.75, 3.05) is 26.7 Å². The maximum atomic E-state index is 12.9. The van der Waals surface area contributed by atoms with Gasteiger partial charge in [-0.1, -0.05) is 30.3 Å². The molecule has 5 nitrogen and oxygen atoms in total. The van der Waals surface area contributed by atoms with Gasteiger partial charge in [0.15, 0.2) is 0 Å². The summed E-state index contributed by atoms with van der Waals surface area (Å²) in [6.45, 7) is 3.28. The highest BCUT2D eigenvalue weighted by atomic mass is 16.2. The molecule has 0 bridgehead atoms. The average molecular weight is 386 g/mol. The smallest absolute Gasteiger partial charge is 0.227 e. The third-order valence-electron chi connectivity index (χ3n) is 5.54. The van der Waals surface area contributed by atoms with Gasteiger partial charge in [0, 0.05) is 58.0 Å². The normalized spacial score (nSPS) is 17.9. The molecule has 1 fully saturated rings. The first kappa shape index (κ1) is 19.3. The minimum Gasteiger partial charge on any atom is -0.344 e. The standard InChI is InChI=1S/C24H26N4O/c1-27-13-14-28(17-20-8-11-25-12-9-20)18-23(24(27)29)15-19-4-6-21(7-5-19)22-3-2-10-26-16-22/h2-12,16,23H,13-15,17-18H2,1H3/t23-/m0/s1. The predicted molar refractivity (Wildman–Crippen MR) is 114 cm³/mol. The summed E-state index contributed by atoms with van der Waals surface area (Å²) in [4.78, 5) is 25.5. The van der Waals surface area contributed by atoms with Crippen LogP contribution in [0.25, 0.3) is 11.1 Å². The molecule has 4 rings (SSSR count). The van der Waals surface area contributed by atoms with Crippen LogP contribution in [0.2, 0.25) is 0 Å². The zero-order valence-electron chi connectivity index (χ0n) is 16.7. The number of rotatable bonds is 5. The van der Waals surface area contributed by atoms with Crippen LogP contribution in [-0.2, 0) is 17.8 Å². The van der Waals surface area contributed by atoms with Crippen LogP contribution >= 0.6 is 0 Å². The molecule has 1 amide bonds. The van der Waals surface area contributed by atoms with Crippen molar-refractivity contribution in [1.29, 1.82) is 0 Å². The van der Waals surface area contributed by atoms with Crippen LogP contribution in [0.1, 0.15) is 11.1 Å². The van der Waals surface area contributed by atoms with Gasteiger partial charge < -0.3 is 4.90 Å². The molecule has 1 aromatic carbocycles. The Morgan fingerprint density at radius 1 is 0.897 bits per heavy atom. The number of nitrogens with zero attached hydrogens (tertiary/aromatic N) is 4. The van der Waals surface area contributed by atoms with Gasteiger partial charge in [0.1, 0.15) is 0 Å². The fourth-order valence-electron chi connectivity index (χ4n) is 3.89. The van der Waals surface area contributed by atoms with Crippen LogP contribution in [0.15, 0.2) is 73.3 Å². The van der Waals surface area contributed by atoms with E-state index in [4.69, 9.17) is 0 Å². The minimum atomic E-state index is -0.0337. The van der Waals surface area contributed by atoms with Gasteiger partial charge in [0.25, 0.3) is 0 Å². The van der Waals surface area contributed by atoms with Gasteiger partial charge in [-0.25, -0.2) is 0 Å². The van der Waals surface area contributed by atoms with E-state index in [1.807, 2.05) is 48.7 Å². The Morgan fingerprint density at radius 2 is 1.69 bits per heavy atom. The highest BCUT2D eigenvalue weighted by molar-refractivity contribution is 5.79. The lowest BCUT2D eigenvalue weighted by Gasteiger charge is -2.23. The molecule has 1 aliphatic heterocycles. The molecule has 3 heterocycles. The quantitative estimate of drug-likeness (QED) is 0.675. The van der Waals surface area contributed by atoms with Crippen LogP contribution in [0.4, 0.5) is 0 Å². The van der Waals surface area contributed by atoms with Crippen LogP contribution in [0.5, 0.6) is 0 Å². The van der Waals surface area contributed by atoms with Crippen molar-refractivity contribution in [3.05, 3.63) is 84.4 Å². The van der Waals surface area contributed by atoms with Crippen LogP contribution in [0, 0.1) is 5.92 Å². The summed E-state index contributed by atoms with van der Waals surface area (Å²) in [7, 11) is 1.91. The molecule has 0 unspecified atom stereocenters. The molecule has 3 aromatic rings. The first-order chi connectivity index (χ1) is 14.2. The predicted octanol–water partition coefficient (Wildman–Crippen LogP) is 3.28. The van der Waals surface area contributed by atoms with E-state index in [-0.39, 0.29) is 11.8 Å². The monoisotopic (exact) mass is 386 g/mol. The van der Waals surface area contributed by atoms with Crippen molar-refractivity contribution in [1.82, 2.24) is 19.8 Å². The SMILES string of the molecule is CN1CCN(Cc2ccncc2)C[C@H](Cc2ccc(-c3cccnc3)cc2)C1=O. The van der Waals surface area contributed by atoms with E-state index in [0.29, 0.717) is 0 Å². The van der Waals surface area contributed by atoms with Gasteiger partial charge in [-0.05, 0) is 46.9 Å². The number of hydrogen-bond donors (Lipinski definition) is 0. The lowest BCUT2D eigenvalue weighted by molar-refractivity contribution is -0.133. The number of benzene rings is 1. The fraction of sp³-hybridized carbons (Fsp3) is 0.292. The molecule has 0 N–H and O–H groups in total. The number of likely N-dealkylation sites (N-methyl/N-ethyl adjacent to an activating group) is 1. The summed E-state index contributed by atoms with van der Waals surface area (Å²) < 4.78 is 0. The van der Waals surface area contributed by atoms with E-state index in [0.717, 1.165) is 43.7 Å². The highest BCUT2D eigenvalue weighted by Crippen LogP contribution is 2.22. The van der Waals surface area contributed by atoms with E-state index in [1.54, 1.807) is 6.20 Å². The molecule has 0 radical (unpaired) electrons. The molecule has 0 aliphatic carbocycles. The second-order valence-corrected chi connectivity index (χ2v) is 7.69. The first-order valence-corrected chi connectivity index (χ1v) is 10.0. The highest BCUT2D eigenvalue weighted by Gasteiger charge is 2.28. The molecule has 148 valence electrons. The third-order valence-corrected chi connectivity index (χ3v) is 5.54. The fourth-order valence-corrected chi connectivity index (χ4v) is 3.89. The van der Waals surface area contributed by atoms with Gasteiger partial charge in [0.05, 0.1) is 5.92 Å². The van der Waals surface area contributed by atoms with Crippen LogP contribution in [-0.4, -0.2) is 52.4 Å². The number of carbonyl (C=O) groups excluding carboxylic acids is 1. The zero-order chi connectivity index (χ0) is 20.1. The van der Waals surface area contributed by atoms with Gasteiger partial charge in [0.2, 0.25) is 5.91 Å². The Balaban J connectivity index is 1.47. The average Bonchev–Trinajstić information content (AvgIpc) is 2.90. The van der Waals surface area contributed by atoms with E-state index in [2.05, 4.69) is 45.2 Å². The minimum absolute atomic E-state index is 0.0337. The molecule has 29 heavy (non-hydrogen) atoms. The van der Waals surface area contributed by atoms with Gasteiger partial charge >= 0.3 is 0 Å². The van der Waals surface area contributed by atoms with E-state index >= 15 is 0 Å². The molecular weight excluding hydrogens is 360 g/mol. The Bertz CT molecular complexity index is 928. The molecule has 0 saturated carbocycles. The summed E-state index contributed by atoms with van der Waals surface area (Å²) >= 11 is 0. The first-order valence-electron chi connectivity index (χ1n) is 10.0.